The second-order valence-corrected chi connectivity index (χ2v) is 4.53. The summed E-state index contributed by atoms with van der Waals surface area (Å²) in [6, 6.07) is 0. The Morgan fingerprint density at radius 2 is 2.00 bits per heavy atom. The monoisotopic (exact) mass is 134 g/mol. The third kappa shape index (κ3) is 6.31. The van der Waals surface area contributed by atoms with Crippen LogP contribution in [-0.2, 0) is 0 Å². The third-order valence-corrected chi connectivity index (χ3v) is 2.08. The molecule has 0 bridgehead atoms. The summed E-state index contributed by atoms with van der Waals surface area (Å²) in [5, 5.41) is 3.13. The zero-order valence-electron chi connectivity index (χ0n) is 6.03. The molecule has 0 spiro atoms. The molecule has 0 unspecified atom stereocenters. The summed E-state index contributed by atoms with van der Waals surface area (Å²) in [6.45, 7) is 1.17. The van der Waals surface area contributed by atoms with Gasteiger partial charge in [-0.15, -0.1) is 0 Å². The minimum absolute atomic E-state index is 0.643. The van der Waals surface area contributed by atoms with Gasteiger partial charge in [-0.2, -0.15) is 0 Å². The van der Waals surface area contributed by atoms with Crippen LogP contribution in [0.15, 0.2) is 0 Å². The molecule has 0 rings (SSSR count). The Balaban J connectivity index is 2.72. The number of hydrogen-bond donors (Lipinski definition) is 1. The van der Waals surface area contributed by atoms with Gasteiger partial charge in [0.2, 0.25) is 0 Å². The topological polar surface area (TPSA) is 12.0 Å². The van der Waals surface area contributed by atoms with Gasteiger partial charge in [-0.25, -0.2) is 10.9 Å². The van der Waals surface area contributed by atoms with Crippen LogP contribution < -0.4 is 5.32 Å². The molecule has 0 heterocycles. The van der Waals surface area contributed by atoms with Crippen LogP contribution in [0.1, 0.15) is 6.42 Å². The van der Waals surface area contributed by atoms with E-state index in [9.17, 15) is 0 Å². The van der Waals surface area contributed by atoms with E-state index in [1.54, 1.807) is 0 Å². The van der Waals surface area contributed by atoms with E-state index < -0.39 is 0 Å². The maximum atomic E-state index is 3.13. The van der Waals surface area contributed by atoms with Crippen molar-refractivity contribution in [2.24, 2.45) is 0 Å². The van der Waals surface area contributed by atoms with Crippen molar-refractivity contribution in [3.8, 4) is 0 Å². The van der Waals surface area contributed by atoms with Crippen LogP contribution in [0.2, 0.25) is 0 Å². The normalized spacial score (nSPS) is 10.5. The van der Waals surface area contributed by atoms with Gasteiger partial charge < -0.3 is 5.32 Å². The Morgan fingerprint density at radius 1 is 1.38 bits per heavy atom. The van der Waals surface area contributed by atoms with Gasteiger partial charge in [0.15, 0.2) is 0 Å². The first kappa shape index (κ1) is 8.31. The average Bonchev–Trinajstić information content (AvgIpc) is 1.66. The highest BCUT2D eigenvalue weighted by Gasteiger charge is 1.87. The lowest BCUT2D eigenvalue weighted by molar-refractivity contribution is 0.777. The molecule has 0 aromatic heterocycles. The second kappa shape index (κ2) is 5.45. The lowest BCUT2D eigenvalue weighted by atomic mass is 10.5. The predicted molar refractivity (Wildman–Crippen MR) is 42.8 cm³/mol. The lowest BCUT2D eigenvalue weighted by Gasteiger charge is -2.04. The quantitative estimate of drug-likeness (QED) is 0.568. The van der Waals surface area contributed by atoms with Gasteiger partial charge in [-0.3, -0.25) is 0 Å². The maximum absolute atomic E-state index is 3.13. The summed E-state index contributed by atoms with van der Waals surface area (Å²) in [4.78, 5) is 0. The van der Waals surface area contributed by atoms with Crippen molar-refractivity contribution in [2.45, 2.75) is 6.42 Å². The number of nitrogens with one attached hydrogen (secondary N) is 1. The highest BCUT2D eigenvalue weighted by molar-refractivity contribution is 8.15. The van der Waals surface area contributed by atoms with Gasteiger partial charge >= 0.3 is 0 Å². The molecule has 1 radical (unpaired) electrons. The molecule has 0 aliphatic heterocycles. The van der Waals surface area contributed by atoms with Gasteiger partial charge in [0.25, 0.3) is 0 Å². The van der Waals surface area contributed by atoms with E-state index in [0.717, 1.165) is 0 Å². The lowest BCUT2D eigenvalue weighted by Crippen LogP contribution is -2.08. The van der Waals surface area contributed by atoms with Crippen molar-refractivity contribution in [1.29, 1.82) is 0 Å². The smallest absolute Gasteiger partial charge is 0.00443 e. The van der Waals surface area contributed by atoms with Crippen LogP contribution in [0.5, 0.6) is 0 Å². The van der Waals surface area contributed by atoms with E-state index in [0.29, 0.717) is 10.9 Å². The number of hydrogen-bond acceptors (Lipinski definition) is 1. The molecule has 51 valence electrons. The molecule has 2 heteroatoms. The first-order valence-corrected chi connectivity index (χ1v) is 5.17. The number of rotatable bonds is 4. The van der Waals surface area contributed by atoms with Crippen LogP contribution in [0.4, 0.5) is 0 Å². The van der Waals surface area contributed by atoms with E-state index in [1.165, 1.54) is 18.7 Å². The van der Waals surface area contributed by atoms with E-state index in [4.69, 9.17) is 0 Å². The minimum Gasteiger partial charge on any atom is -0.320 e. The maximum Gasteiger partial charge on any atom is -0.00443 e. The highest BCUT2D eigenvalue weighted by atomic mass is 32.2. The first-order chi connectivity index (χ1) is 3.77. The molecule has 0 aliphatic rings. The SMILES string of the molecule is CNCCC[S](C)C. The van der Waals surface area contributed by atoms with Crippen molar-refractivity contribution in [2.75, 3.05) is 31.9 Å². The van der Waals surface area contributed by atoms with Crippen molar-refractivity contribution in [3.05, 3.63) is 0 Å². The van der Waals surface area contributed by atoms with E-state index in [1.807, 2.05) is 7.05 Å². The van der Waals surface area contributed by atoms with Gasteiger partial charge in [0, 0.05) is 0 Å². The molecule has 0 saturated carbocycles. The molecule has 8 heavy (non-hydrogen) atoms. The van der Waals surface area contributed by atoms with Crippen LogP contribution in [0, 0.1) is 0 Å². The molecule has 0 amide bonds. The summed E-state index contributed by atoms with van der Waals surface area (Å²) in [5.74, 6) is 1.38. The van der Waals surface area contributed by atoms with Crippen molar-refractivity contribution in [3.63, 3.8) is 0 Å². The van der Waals surface area contributed by atoms with E-state index >= 15 is 0 Å². The fraction of sp³-hybridized carbons (Fsp3) is 1.00. The van der Waals surface area contributed by atoms with Crippen LogP contribution in [-0.4, -0.2) is 31.9 Å². The second-order valence-electron chi connectivity index (χ2n) is 2.15. The molecule has 0 aliphatic carbocycles. The Bertz CT molecular complexity index is 45.8. The Kier molecular flexibility index (Phi) is 5.66. The fourth-order valence-corrected chi connectivity index (χ4v) is 1.26. The molecule has 0 aromatic rings. The minimum atomic E-state index is 0.643. The van der Waals surface area contributed by atoms with E-state index in [-0.39, 0.29) is 0 Å². The van der Waals surface area contributed by atoms with Crippen LogP contribution in [0.3, 0.4) is 0 Å². The molecular weight excluding hydrogens is 118 g/mol. The first-order valence-electron chi connectivity index (χ1n) is 2.96. The largest absolute Gasteiger partial charge is 0.320 e. The molecular formula is C6H16NS. The molecule has 0 fully saturated rings. The third-order valence-electron chi connectivity index (χ3n) is 0.979. The molecule has 0 atom stereocenters. The molecule has 0 aromatic carbocycles. The summed E-state index contributed by atoms with van der Waals surface area (Å²) in [5.41, 5.74) is 0. The van der Waals surface area contributed by atoms with Gasteiger partial charge in [0.1, 0.15) is 0 Å². The zero-order valence-corrected chi connectivity index (χ0v) is 6.85. The summed E-state index contributed by atoms with van der Waals surface area (Å²) >= 11 is 0. The van der Waals surface area contributed by atoms with Gasteiger partial charge in [0.05, 0.1) is 0 Å². The van der Waals surface area contributed by atoms with Gasteiger partial charge in [-0.1, -0.05) is 0 Å². The zero-order chi connectivity index (χ0) is 6.41. The molecule has 1 N–H and O–H groups in total. The van der Waals surface area contributed by atoms with Gasteiger partial charge in [-0.05, 0) is 38.3 Å². The molecule has 0 saturated heterocycles. The van der Waals surface area contributed by atoms with Crippen molar-refractivity contribution >= 4 is 10.9 Å². The Labute approximate surface area is 55.2 Å². The predicted octanol–water partition coefficient (Wildman–Crippen LogP) is 1.12. The molecule has 1 nitrogen and oxygen atoms in total. The Morgan fingerprint density at radius 3 is 2.38 bits per heavy atom. The summed E-state index contributed by atoms with van der Waals surface area (Å²) in [6.07, 6.45) is 5.90. The van der Waals surface area contributed by atoms with Crippen molar-refractivity contribution < 1.29 is 0 Å². The fourth-order valence-electron chi connectivity index (χ4n) is 0.538. The highest BCUT2D eigenvalue weighted by Crippen LogP contribution is 2.12. The van der Waals surface area contributed by atoms with Crippen LogP contribution in [0.25, 0.3) is 0 Å². The summed E-state index contributed by atoms with van der Waals surface area (Å²) < 4.78 is 0. The van der Waals surface area contributed by atoms with E-state index in [2.05, 4.69) is 17.8 Å². The average molecular weight is 134 g/mol. The standard InChI is InChI=1S/C6H16NS/c1-7-5-4-6-8(2)3/h7H,4-6H2,1-3H3. The Hall–Kier alpha value is 0.310. The van der Waals surface area contributed by atoms with Crippen LogP contribution >= 0.6 is 10.9 Å². The van der Waals surface area contributed by atoms with Crippen molar-refractivity contribution in [1.82, 2.24) is 5.32 Å². The summed E-state index contributed by atoms with van der Waals surface area (Å²) in [7, 11) is 2.65.